The molecule has 6 rings (SSSR count). The van der Waals surface area contributed by atoms with Crippen molar-refractivity contribution in [1.29, 1.82) is 0 Å². The highest BCUT2D eigenvalue weighted by Gasteiger charge is 2.52. The van der Waals surface area contributed by atoms with Crippen LogP contribution in [0.25, 0.3) is 0 Å². The number of alkyl halides is 2. The molecule has 1 atom stereocenters. The van der Waals surface area contributed by atoms with Crippen molar-refractivity contribution >= 4 is 22.4 Å². The number of amides is 1. The lowest BCUT2D eigenvalue weighted by Crippen LogP contribution is -2.27. The first-order valence-electron chi connectivity index (χ1n) is 10.2. The van der Waals surface area contributed by atoms with Crippen molar-refractivity contribution in [2.45, 2.75) is 30.6 Å². The zero-order valence-corrected chi connectivity index (χ0v) is 17.8. The van der Waals surface area contributed by atoms with Crippen LogP contribution in [0.5, 0.6) is 23.0 Å². The van der Waals surface area contributed by atoms with Crippen molar-refractivity contribution in [3.8, 4) is 23.0 Å². The Morgan fingerprint density at radius 3 is 2.76 bits per heavy atom. The number of rotatable bonds is 5. The van der Waals surface area contributed by atoms with E-state index >= 15 is 0 Å². The molecular weight excluding hydrogens is 456 g/mol. The molecule has 1 fully saturated rings. The van der Waals surface area contributed by atoms with E-state index in [2.05, 4.69) is 19.8 Å². The number of ether oxygens (including phenoxy) is 4. The Hall–Kier alpha value is -3.44. The average Bonchev–Trinajstić information content (AvgIpc) is 3.10. The van der Waals surface area contributed by atoms with Gasteiger partial charge in [-0.1, -0.05) is 29.5 Å². The Labute approximate surface area is 190 Å². The highest BCUT2D eigenvalue weighted by Crippen LogP contribution is 2.51. The highest BCUT2D eigenvalue weighted by molar-refractivity contribution is 7.15. The van der Waals surface area contributed by atoms with Crippen LogP contribution in [0.2, 0.25) is 0 Å². The van der Waals surface area contributed by atoms with Crippen molar-refractivity contribution in [1.82, 2.24) is 4.98 Å². The highest BCUT2D eigenvalue weighted by atomic mass is 32.1. The van der Waals surface area contributed by atoms with Gasteiger partial charge in [0.05, 0.1) is 11.5 Å². The lowest BCUT2D eigenvalue weighted by Gasteiger charge is -2.15. The minimum atomic E-state index is -3.74. The summed E-state index contributed by atoms with van der Waals surface area (Å²) in [5, 5.41) is 3.24. The summed E-state index contributed by atoms with van der Waals surface area (Å²) in [4.78, 5) is 17.9. The van der Waals surface area contributed by atoms with Crippen LogP contribution < -0.4 is 30.0 Å². The number of aromatic nitrogens is 1. The number of carbonyl (C=O) groups is 1. The van der Waals surface area contributed by atoms with Crippen molar-refractivity contribution < 1.29 is 32.5 Å². The quantitative estimate of drug-likeness (QED) is 0.579. The van der Waals surface area contributed by atoms with Crippen LogP contribution in [0.1, 0.15) is 34.9 Å². The Bertz CT molecular complexity index is 1280. The standard InChI is InChI=1S/C22H17F2N3O5S/c23-22(24)31-14-3-1-2-12(18(14)32-22)17(25)16-9-26-20(33-16)27-19(28)21(6-7-21)11-4-5-13-15(8-11)30-10-29-13/h1-5,8-9,17H,6-7,10,25H2,(H,26,27,28). The Balaban J connectivity index is 1.21. The predicted molar refractivity (Wildman–Crippen MR) is 113 cm³/mol. The van der Waals surface area contributed by atoms with Gasteiger partial charge in [0.15, 0.2) is 28.1 Å². The first-order valence-corrected chi connectivity index (χ1v) is 11.0. The van der Waals surface area contributed by atoms with Crippen LogP contribution >= 0.6 is 11.3 Å². The minimum absolute atomic E-state index is 0.0783. The van der Waals surface area contributed by atoms with Crippen molar-refractivity contribution in [3.05, 3.63) is 58.6 Å². The summed E-state index contributed by atoms with van der Waals surface area (Å²) >= 11 is 1.17. The summed E-state index contributed by atoms with van der Waals surface area (Å²) in [5.74, 6) is 0.932. The lowest BCUT2D eigenvalue weighted by molar-refractivity contribution is -0.287. The van der Waals surface area contributed by atoms with E-state index in [1.807, 2.05) is 12.1 Å². The second-order valence-electron chi connectivity index (χ2n) is 7.99. The third kappa shape index (κ3) is 3.35. The van der Waals surface area contributed by atoms with E-state index in [0.29, 0.717) is 39.9 Å². The largest absolute Gasteiger partial charge is 0.586 e. The molecule has 33 heavy (non-hydrogen) atoms. The minimum Gasteiger partial charge on any atom is -0.454 e. The molecule has 0 bridgehead atoms. The van der Waals surface area contributed by atoms with Gasteiger partial charge < -0.3 is 30.0 Å². The van der Waals surface area contributed by atoms with Gasteiger partial charge in [-0.3, -0.25) is 4.79 Å². The Morgan fingerprint density at radius 2 is 1.94 bits per heavy atom. The number of nitrogens with two attached hydrogens (primary N) is 1. The van der Waals surface area contributed by atoms with Crippen molar-refractivity contribution in [3.63, 3.8) is 0 Å². The SMILES string of the molecule is NC(c1cnc(NC(=O)C2(c3ccc4c(c3)OCO4)CC2)s1)c1cccc2c1OC(F)(F)O2. The molecule has 1 unspecified atom stereocenters. The Kier molecular flexibility index (Phi) is 4.30. The predicted octanol–water partition coefficient (Wildman–Crippen LogP) is 3.91. The van der Waals surface area contributed by atoms with Gasteiger partial charge in [-0.25, -0.2) is 4.98 Å². The van der Waals surface area contributed by atoms with Gasteiger partial charge in [-0.2, -0.15) is 0 Å². The smallest absolute Gasteiger partial charge is 0.454 e. The number of hydrogen-bond donors (Lipinski definition) is 2. The normalized spacial score (nSPS) is 19.2. The van der Waals surface area contributed by atoms with Gasteiger partial charge in [0.1, 0.15) is 0 Å². The molecule has 0 radical (unpaired) electrons. The first-order chi connectivity index (χ1) is 15.8. The van der Waals surface area contributed by atoms with Gasteiger partial charge in [0.2, 0.25) is 12.7 Å². The van der Waals surface area contributed by atoms with Gasteiger partial charge in [-0.05, 0) is 36.6 Å². The summed E-state index contributed by atoms with van der Waals surface area (Å²) in [6.45, 7) is 0.166. The number of benzene rings is 2. The van der Waals surface area contributed by atoms with Crippen molar-refractivity contribution in [2.75, 3.05) is 12.1 Å². The van der Waals surface area contributed by atoms with Crippen LogP contribution in [-0.4, -0.2) is 24.0 Å². The molecule has 1 amide bonds. The molecule has 0 saturated heterocycles. The molecule has 8 nitrogen and oxygen atoms in total. The molecule has 2 aliphatic heterocycles. The van der Waals surface area contributed by atoms with E-state index in [0.717, 1.165) is 5.56 Å². The van der Waals surface area contributed by atoms with E-state index in [4.69, 9.17) is 15.2 Å². The molecule has 0 spiro atoms. The van der Waals surface area contributed by atoms with E-state index in [1.54, 1.807) is 18.2 Å². The fourth-order valence-corrected chi connectivity index (χ4v) is 4.89. The zero-order chi connectivity index (χ0) is 22.8. The van der Waals surface area contributed by atoms with Gasteiger partial charge in [0.25, 0.3) is 0 Å². The molecule has 3 N–H and O–H groups in total. The first kappa shape index (κ1) is 20.2. The monoisotopic (exact) mass is 473 g/mol. The number of nitrogens with zero attached hydrogens (tertiary/aromatic N) is 1. The van der Waals surface area contributed by atoms with Crippen LogP contribution in [0, 0.1) is 0 Å². The number of thiazole rings is 1. The molecule has 2 aromatic carbocycles. The fourth-order valence-electron chi connectivity index (χ4n) is 4.06. The number of para-hydroxylation sites is 1. The molecular formula is C22H17F2N3O5S. The lowest BCUT2D eigenvalue weighted by atomic mass is 9.94. The third-order valence-electron chi connectivity index (χ3n) is 5.95. The molecule has 1 saturated carbocycles. The summed E-state index contributed by atoms with van der Waals surface area (Å²) in [5.41, 5.74) is 6.86. The van der Waals surface area contributed by atoms with E-state index < -0.39 is 17.8 Å². The van der Waals surface area contributed by atoms with E-state index in [9.17, 15) is 13.6 Å². The van der Waals surface area contributed by atoms with Crippen LogP contribution in [0.15, 0.2) is 42.6 Å². The summed E-state index contributed by atoms with van der Waals surface area (Å²) < 4.78 is 46.9. The molecule has 1 aliphatic carbocycles. The second kappa shape index (κ2) is 7.03. The van der Waals surface area contributed by atoms with Gasteiger partial charge in [0, 0.05) is 16.6 Å². The molecule has 170 valence electrons. The van der Waals surface area contributed by atoms with Crippen molar-refractivity contribution in [2.24, 2.45) is 5.73 Å². The second-order valence-corrected chi connectivity index (χ2v) is 9.05. The molecule has 1 aromatic heterocycles. The average molecular weight is 473 g/mol. The topological polar surface area (TPSA) is 105 Å². The van der Waals surface area contributed by atoms with Crippen LogP contribution in [0.4, 0.5) is 13.9 Å². The van der Waals surface area contributed by atoms with E-state index in [-0.39, 0.29) is 24.2 Å². The molecule has 3 heterocycles. The summed E-state index contributed by atoms with van der Waals surface area (Å²) in [6, 6.07) is 9.26. The number of anilines is 1. The number of hydrogen-bond acceptors (Lipinski definition) is 8. The fraction of sp³-hybridized carbons (Fsp3) is 0.273. The maximum absolute atomic E-state index is 13.5. The number of fused-ring (bicyclic) bond motifs is 2. The summed E-state index contributed by atoms with van der Waals surface area (Å²) in [7, 11) is 0. The maximum atomic E-state index is 13.5. The zero-order valence-electron chi connectivity index (χ0n) is 17.0. The van der Waals surface area contributed by atoms with Gasteiger partial charge in [-0.15, -0.1) is 8.78 Å². The molecule has 3 aliphatic rings. The number of carbonyl (C=O) groups excluding carboxylic acids is 1. The summed E-state index contributed by atoms with van der Waals surface area (Å²) in [6.07, 6.45) is -0.813. The van der Waals surface area contributed by atoms with Crippen LogP contribution in [-0.2, 0) is 10.2 Å². The van der Waals surface area contributed by atoms with E-state index in [1.165, 1.54) is 23.6 Å². The Morgan fingerprint density at radius 1 is 1.12 bits per heavy atom. The number of nitrogens with one attached hydrogen (secondary N) is 1. The molecule has 11 heteroatoms. The molecule has 3 aromatic rings. The van der Waals surface area contributed by atoms with Crippen LogP contribution in [0.3, 0.4) is 0 Å². The number of halogens is 2. The third-order valence-corrected chi connectivity index (χ3v) is 6.95. The maximum Gasteiger partial charge on any atom is 0.586 e. The van der Waals surface area contributed by atoms with Gasteiger partial charge >= 0.3 is 6.29 Å².